The summed E-state index contributed by atoms with van der Waals surface area (Å²) in [6.07, 6.45) is 2.74. The Balaban J connectivity index is 2.72. The Morgan fingerprint density at radius 3 is 2.83 bits per heavy atom. The zero-order valence-corrected chi connectivity index (χ0v) is 7.29. The van der Waals surface area contributed by atoms with Crippen molar-refractivity contribution < 1.29 is 14.3 Å². The Labute approximate surface area is 71.4 Å². The maximum Gasteiger partial charge on any atom is 0.312 e. The third kappa shape index (κ3) is 1.72. The molecule has 0 bridgehead atoms. The van der Waals surface area contributed by atoms with E-state index in [1.807, 2.05) is 0 Å². The number of allylic oxidation sites excluding steroid dienone is 1. The molecule has 0 aromatic carbocycles. The second kappa shape index (κ2) is 3.52. The molecule has 3 nitrogen and oxygen atoms in total. The van der Waals surface area contributed by atoms with E-state index in [0.29, 0.717) is 18.4 Å². The number of ether oxygens (including phenoxy) is 1. The molecule has 1 aliphatic rings. The van der Waals surface area contributed by atoms with Crippen LogP contribution in [0.3, 0.4) is 0 Å². The average Bonchev–Trinajstić information content (AvgIpc) is 2.08. The Hall–Kier alpha value is -1.12. The highest BCUT2D eigenvalue weighted by Crippen LogP contribution is 2.20. The molecule has 1 unspecified atom stereocenters. The fraction of sp³-hybridized carbons (Fsp3) is 0.556. The zero-order valence-electron chi connectivity index (χ0n) is 7.29. The normalized spacial score (nSPS) is 23.3. The van der Waals surface area contributed by atoms with Crippen molar-refractivity contribution in [2.45, 2.75) is 19.8 Å². The van der Waals surface area contributed by atoms with E-state index in [4.69, 9.17) is 0 Å². The maximum absolute atomic E-state index is 11.0. The lowest BCUT2D eigenvalue weighted by atomic mass is 9.90. The highest BCUT2D eigenvalue weighted by molar-refractivity contribution is 5.97. The monoisotopic (exact) mass is 168 g/mol. The van der Waals surface area contributed by atoms with Crippen molar-refractivity contribution in [3.05, 3.63) is 11.6 Å². The molecular formula is C9H12O3. The van der Waals surface area contributed by atoms with E-state index >= 15 is 0 Å². The highest BCUT2D eigenvalue weighted by atomic mass is 16.5. The molecule has 0 heterocycles. The predicted molar refractivity (Wildman–Crippen MR) is 43.5 cm³/mol. The molecule has 0 aromatic rings. The summed E-state index contributed by atoms with van der Waals surface area (Å²) in [4.78, 5) is 22.1. The van der Waals surface area contributed by atoms with Gasteiger partial charge in [0.25, 0.3) is 0 Å². The molecule has 1 atom stereocenters. The van der Waals surface area contributed by atoms with Gasteiger partial charge >= 0.3 is 5.97 Å². The molecule has 0 radical (unpaired) electrons. The van der Waals surface area contributed by atoms with Crippen LogP contribution in [0.25, 0.3) is 0 Å². The summed E-state index contributed by atoms with van der Waals surface area (Å²) in [6.45, 7) is 1.73. The molecule has 0 aromatic heterocycles. The minimum Gasteiger partial charge on any atom is -0.469 e. The van der Waals surface area contributed by atoms with Crippen LogP contribution in [-0.2, 0) is 14.3 Å². The number of methoxy groups -OCH3 is 1. The van der Waals surface area contributed by atoms with Gasteiger partial charge in [0.05, 0.1) is 13.0 Å². The van der Waals surface area contributed by atoms with Gasteiger partial charge in [0.1, 0.15) is 0 Å². The molecule has 66 valence electrons. The second-order valence-corrected chi connectivity index (χ2v) is 2.94. The fourth-order valence-electron chi connectivity index (χ4n) is 1.30. The van der Waals surface area contributed by atoms with E-state index in [-0.39, 0.29) is 17.7 Å². The quantitative estimate of drug-likeness (QED) is 0.550. The lowest BCUT2D eigenvalue weighted by Crippen LogP contribution is -2.20. The Kier molecular flexibility index (Phi) is 2.63. The molecule has 0 saturated carbocycles. The van der Waals surface area contributed by atoms with Gasteiger partial charge in [0.2, 0.25) is 0 Å². The molecule has 0 aliphatic heterocycles. The molecule has 0 amide bonds. The zero-order chi connectivity index (χ0) is 9.14. The van der Waals surface area contributed by atoms with Crippen LogP contribution in [0, 0.1) is 5.92 Å². The Morgan fingerprint density at radius 1 is 1.67 bits per heavy atom. The first-order chi connectivity index (χ1) is 5.65. The summed E-state index contributed by atoms with van der Waals surface area (Å²) in [6, 6.07) is 0. The van der Waals surface area contributed by atoms with Crippen LogP contribution in [-0.4, -0.2) is 18.9 Å². The molecule has 1 aliphatic carbocycles. The lowest BCUT2D eigenvalue weighted by Gasteiger charge is -2.15. The van der Waals surface area contributed by atoms with Crippen molar-refractivity contribution in [2.75, 3.05) is 7.11 Å². The SMILES string of the molecule is COC(=O)C1C=C(C)C(=O)CC1. The van der Waals surface area contributed by atoms with E-state index < -0.39 is 0 Å². The van der Waals surface area contributed by atoms with Gasteiger partial charge in [0.15, 0.2) is 5.78 Å². The molecule has 0 N–H and O–H groups in total. The molecule has 1 rings (SSSR count). The number of hydrogen-bond acceptors (Lipinski definition) is 3. The number of carbonyl (C=O) groups excluding carboxylic acids is 2. The summed E-state index contributed by atoms with van der Waals surface area (Å²) in [5.74, 6) is -0.329. The number of esters is 1. The van der Waals surface area contributed by atoms with Crippen LogP contribution in [0.1, 0.15) is 19.8 Å². The third-order valence-electron chi connectivity index (χ3n) is 2.08. The highest BCUT2D eigenvalue weighted by Gasteiger charge is 2.23. The second-order valence-electron chi connectivity index (χ2n) is 2.94. The van der Waals surface area contributed by atoms with Crippen molar-refractivity contribution in [1.82, 2.24) is 0 Å². The predicted octanol–water partition coefficient (Wildman–Crippen LogP) is 1.08. The summed E-state index contributed by atoms with van der Waals surface area (Å²) in [5.41, 5.74) is 0.677. The number of rotatable bonds is 1. The summed E-state index contributed by atoms with van der Waals surface area (Å²) in [5, 5.41) is 0. The van der Waals surface area contributed by atoms with Gasteiger partial charge in [-0.2, -0.15) is 0 Å². The first-order valence-corrected chi connectivity index (χ1v) is 3.94. The third-order valence-corrected chi connectivity index (χ3v) is 2.08. The van der Waals surface area contributed by atoms with Gasteiger partial charge in [-0.3, -0.25) is 9.59 Å². The molecule has 0 spiro atoms. The molecule has 3 heteroatoms. The van der Waals surface area contributed by atoms with Crippen molar-refractivity contribution >= 4 is 11.8 Å². The minimum absolute atomic E-state index is 0.134. The van der Waals surface area contributed by atoms with E-state index in [1.165, 1.54) is 7.11 Å². The fourth-order valence-corrected chi connectivity index (χ4v) is 1.30. The van der Waals surface area contributed by atoms with E-state index in [0.717, 1.165) is 0 Å². The Bertz CT molecular complexity index is 240. The number of carbonyl (C=O) groups is 2. The molecule has 0 fully saturated rings. The summed E-state index contributed by atoms with van der Waals surface area (Å²) < 4.78 is 4.58. The van der Waals surface area contributed by atoms with Gasteiger partial charge in [0, 0.05) is 6.42 Å². The van der Waals surface area contributed by atoms with Crippen molar-refractivity contribution in [1.29, 1.82) is 0 Å². The molecule has 0 saturated heterocycles. The van der Waals surface area contributed by atoms with Crippen LogP contribution in [0.5, 0.6) is 0 Å². The maximum atomic E-state index is 11.0. The number of hydrogen-bond donors (Lipinski definition) is 0. The van der Waals surface area contributed by atoms with Crippen molar-refractivity contribution in [2.24, 2.45) is 5.92 Å². The number of Topliss-reactive ketones (excluding diaryl/α,β-unsaturated/α-hetero) is 1. The van der Waals surface area contributed by atoms with Crippen LogP contribution >= 0.6 is 0 Å². The largest absolute Gasteiger partial charge is 0.469 e. The van der Waals surface area contributed by atoms with Crippen LogP contribution < -0.4 is 0 Å². The Morgan fingerprint density at radius 2 is 2.33 bits per heavy atom. The van der Waals surface area contributed by atoms with Crippen molar-refractivity contribution in [3.63, 3.8) is 0 Å². The standard InChI is InChI=1S/C9H12O3/c1-6-5-7(9(11)12-2)3-4-8(6)10/h5,7H,3-4H2,1-2H3. The first-order valence-electron chi connectivity index (χ1n) is 3.94. The van der Waals surface area contributed by atoms with Crippen LogP contribution in [0.2, 0.25) is 0 Å². The first kappa shape index (κ1) is 8.97. The molecular weight excluding hydrogens is 156 g/mol. The molecule has 12 heavy (non-hydrogen) atoms. The summed E-state index contributed by atoms with van der Waals surface area (Å²) in [7, 11) is 1.36. The summed E-state index contributed by atoms with van der Waals surface area (Å²) >= 11 is 0. The number of ketones is 1. The lowest BCUT2D eigenvalue weighted by molar-refractivity contribution is -0.144. The van der Waals surface area contributed by atoms with Gasteiger partial charge in [-0.1, -0.05) is 6.08 Å². The van der Waals surface area contributed by atoms with Crippen LogP contribution in [0.4, 0.5) is 0 Å². The van der Waals surface area contributed by atoms with Gasteiger partial charge in [-0.25, -0.2) is 0 Å². The smallest absolute Gasteiger partial charge is 0.312 e. The van der Waals surface area contributed by atoms with Gasteiger partial charge in [-0.05, 0) is 18.9 Å². The van der Waals surface area contributed by atoms with Gasteiger partial charge < -0.3 is 4.74 Å². The minimum atomic E-state index is -0.248. The average molecular weight is 168 g/mol. The van der Waals surface area contributed by atoms with Crippen LogP contribution in [0.15, 0.2) is 11.6 Å². The van der Waals surface area contributed by atoms with E-state index in [9.17, 15) is 9.59 Å². The van der Waals surface area contributed by atoms with Gasteiger partial charge in [-0.15, -0.1) is 0 Å². The topological polar surface area (TPSA) is 43.4 Å². The van der Waals surface area contributed by atoms with E-state index in [2.05, 4.69) is 4.74 Å². The van der Waals surface area contributed by atoms with Crippen molar-refractivity contribution in [3.8, 4) is 0 Å². The van der Waals surface area contributed by atoms with E-state index in [1.54, 1.807) is 13.0 Å².